The summed E-state index contributed by atoms with van der Waals surface area (Å²) in [5, 5.41) is 4.23. The second-order valence-electron chi connectivity index (χ2n) is 5.57. The Morgan fingerprint density at radius 3 is 2.42 bits per heavy atom. The molecule has 6 heteroatoms. The molecule has 24 heavy (non-hydrogen) atoms. The van der Waals surface area contributed by atoms with Crippen molar-refractivity contribution in [3.8, 4) is 0 Å². The molecule has 3 rings (SSSR count). The summed E-state index contributed by atoms with van der Waals surface area (Å²) in [7, 11) is 0. The van der Waals surface area contributed by atoms with E-state index in [0.29, 0.717) is 11.4 Å². The fraction of sp³-hybridized carbons (Fsp3) is 0.167. The summed E-state index contributed by atoms with van der Waals surface area (Å²) in [5.74, 6) is -2.01. The van der Waals surface area contributed by atoms with Crippen molar-refractivity contribution in [3.63, 3.8) is 0 Å². The van der Waals surface area contributed by atoms with Crippen LogP contribution in [0.2, 0.25) is 0 Å². The first-order valence-corrected chi connectivity index (χ1v) is 8.33. The summed E-state index contributed by atoms with van der Waals surface area (Å²) in [5.41, 5.74) is 2.99. The van der Waals surface area contributed by atoms with E-state index in [-0.39, 0.29) is 0 Å². The Kier molecular flexibility index (Phi) is 4.40. The van der Waals surface area contributed by atoms with Gasteiger partial charge >= 0.3 is 0 Å². The molecule has 1 atom stereocenters. The van der Waals surface area contributed by atoms with E-state index >= 15 is 0 Å². The number of anilines is 2. The van der Waals surface area contributed by atoms with Gasteiger partial charge in [-0.2, -0.15) is 0 Å². The monoisotopic (exact) mass is 340 g/mol. The van der Waals surface area contributed by atoms with E-state index in [1.165, 1.54) is 0 Å². The minimum atomic E-state index is -1.08. The average molecular weight is 340 g/mol. The van der Waals surface area contributed by atoms with E-state index in [1.807, 2.05) is 44.2 Å². The Hall–Kier alpha value is -2.60. The van der Waals surface area contributed by atoms with Crippen LogP contribution in [0.3, 0.4) is 0 Å². The summed E-state index contributed by atoms with van der Waals surface area (Å²) in [6, 6.07) is 12.8. The Bertz CT molecular complexity index is 828. The zero-order valence-electron chi connectivity index (χ0n) is 13.3. The summed E-state index contributed by atoms with van der Waals surface area (Å²) < 4.78 is 0. The second kappa shape index (κ2) is 6.49. The molecule has 0 unspecified atom stereocenters. The molecule has 0 saturated heterocycles. The van der Waals surface area contributed by atoms with Gasteiger partial charge in [-0.05, 0) is 37.1 Å². The van der Waals surface area contributed by atoms with Crippen molar-refractivity contribution < 1.29 is 14.4 Å². The highest BCUT2D eigenvalue weighted by molar-refractivity contribution is 8.01. The Balaban J connectivity index is 1.79. The molecule has 0 saturated carbocycles. The average Bonchev–Trinajstić information content (AvgIpc) is 2.57. The van der Waals surface area contributed by atoms with Crippen molar-refractivity contribution in [2.24, 2.45) is 0 Å². The summed E-state index contributed by atoms with van der Waals surface area (Å²) in [4.78, 5) is 37.7. The van der Waals surface area contributed by atoms with Crippen LogP contribution in [0.15, 0.2) is 47.4 Å². The maximum Gasteiger partial charge on any atom is 0.293 e. The number of aryl methyl sites for hydroxylation is 2. The predicted molar refractivity (Wildman–Crippen MR) is 94.3 cm³/mol. The molecule has 0 aliphatic carbocycles. The van der Waals surface area contributed by atoms with E-state index in [9.17, 15) is 14.4 Å². The Morgan fingerprint density at radius 1 is 1.04 bits per heavy atom. The molecule has 1 heterocycles. The highest BCUT2D eigenvalue weighted by Crippen LogP contribution is 2.35. The van der Waals surface area contributed by atoms with Gasteiger partial charge in [0.25, 0.3) is 5.91 Å². The quantitative estimate of drug-likeness (QED) is 0.665. The zero-order valence-corrected chi connectivity index (χ0v) is 14.1. The highest BCUT2D eigenvalue weighted by Gasteiger charge is 2.36. The number of ketones is 1. The lowest BCUT2D eigenvalue weighted by molar-refractivity contribution is -0.136. The number of benzene rings is 2. The first-order chi connectivity index (χ1) is 11.5. The number of hydrogen-bond donors (Lipinski definition) is 2. The molecule has 1 aliphatic heterocycles. The third-order valence-corrected chi connectivity index (χ3v) is 5.08. The van der Waals surface area contributed by atoms with Crippen molar-refractivity contribution >= 4 is 40.7 Å². The van der Waals surface area contributed by atoms with Crippen molar-refractivity contribution in [1.82, 2.24) is 0 Å². The molecule has 2 aromatic carbocycles. The number of fused-ring (bicyclic) bond motifs is 1. The summed E-state index contributed by atoms with van der Waals surface area (Å²) in [6.07, 6.45) is 0. The predicted octanol–water partition coefficient (Wildman–Crippen LogP) is 2.92. The van der Waals surface area contributed by atoms with Gasteiger partial charge in [0.1, 0.15) is 0 Å². The van der Waals surface area contributed by atoms with Gasteiger partial charge in [-0.15, -0.1) is 11.8 Å². The van der Waals surface area contributed by atoms with Gasteiger partial charge in [-0.3, -0.25) is 14.4 Å². The Labute approximate surface area is 143 Å². The van der Waals surface area contributed by atoms with E-state index in [1.54, 1.807) is 12.1 Å². The molecule has 2 N–H and O–H groups in total. The number of nitrogens with one attached hydrogen (secondary N) is 2. The molecule has 0 spiro atoms. The van der Waals surface area contributed by atoms with E-state index < -0.39 is 22.8 Å². The summed E-state index contributed by atoms with van der Waals surface area (Å²) >= 11 is 1.10. The third kappa shape index (κ3) is 3.05. The maximum atomic E-state index is 12.5. The molecule has 2 aromatic rings. The molecule has 5 nitrogen and oxygen atoms in total. The van der Waals surface area contributed by atoms with Gasteiger partial charge in [-0.1, -0.05) is 30.3 Å². The lowest BCUT2D eigenvalue weighted by atomic mass is 10.1. The number of carbonyl (C=O) groups is 3. The molecule has 2 amide bonds. The first-order valence-electron chi connectivity index (χ1n) is 7.45. The molecule has 0 fully saturated rings. The molecule has 0 radical (unpaired) electrons. The van der Waals surface area contributed by atoms with Crippen LogP contribution >= 0.6 is 11.8 Å². The highest BCUT2D eigenvalue weighted by atomic mass is 32.2. The SMILES string of the molecule is Cc1cccc(C)c1NC(=O)C(=O)[C@H]1Sc2ccccc2NC1=O. The van der Waals surface area contributed by atoms with Crippen LogP contribution in [-0.2, 0) is 14.4 Å². The van der Waals surface area contributed by atoms with Crippen LogP contribution < -0.4 is 10.6 Å². The molecule has 0 bridgehead atoms. The number of para-hydroxylation sites is 2. The van der Waals surface area contributed by atoms with E-state index in [0.717, 1.165) is 27.8 Å². The topological polar surface area (TPSA) is 75.3 Å². The normalized spacial score (nSPS) is 16.1. The van der Waals surface area contributed by atoms with Gasteiger partial charge in [0.15, 0.2) is 5.25 Å². The lowest BCUT2D eigenvalue weighted by Crippen LogP contribution is -2.41. The molecule has 1 aliphatic rings. The van der Waals surface area contributed by atoms with Gasteiger partial charge in [0.2, 0.25) is 11.7 Å². The number of amides is 2. The molecule has 122 valence electrons. The van der Waals surface area contributed by atoms with Gasteiger partial charge in [-0.25, -0.2) is 0 Å². The number of hydrogen-bond acceptors (Lipinski definition) is 4. The van der Waals surface area contributed by atoms with Gasteiger partial charge < -0.3 is 10.6 Å². The van der Waals surface area contributed by atoms with Crippen LogP contribution in [0.25, 0.3) is 0 Å². The fourth-order valence-corrected chi connectivity index (χ4v) is 3.57. The van der Waals surface area contributed by atoms with E-state index in [2.05, 4.69) is 10.6 Å². The number of Topliss-reactive ketones (excluding diaryl/α,β-unsaturated/α-hetero) is 1. The van der Waals surface area contributed by atoms with Crippen LogP contribution in [0.1, 0.15) is 11.1 Å². The fourth-order valence-electron chi connectivity index (χ4n) is 2.53. The van der Waals surface area contributed by atoms with Crippen LogP contribution in [0.5, 0.6) is 0 Å². The number of rotatable bonds is 3. The lowest BCUT2D eigenvalue weighted by Gasteiger charge is -2.22. The van der Waals surface area contributed by atoms with E-state index in [4.69, 9.17) is 0 Å². The van der Waals surface area contributed by atoms with Crippen molar-refractivity contribution in [1.29, 1.82) is 0 Å². The molecule has 0 aromatic heterocycles. The minimum Gasteiger partial charge on any atom is -0.324 e. The zero-order chi connectivity index (χ0) is 17.3. The number of thioether (sulfide) groups is 1. The van der Waals surface area contributed by atoms with Crippen molar-refractivity contribution in [2.75, 3.05) is 10.6 Å². The van der Waals surface area contributed by atoms with Crippen LogP contribution in [0.4, 0.5) is 11.4 Å². The minimum absolute atomic E-state index is 0.472. The molecular weight excluding hydrogens is 324 g/mol. The van der Waals surface area contributed by atoms with Crippen LogP contribution in [0, 0.1) is 13.8 Å². The smallest absolute Gasteiger partial charge is 0.293 e. The molecular formula is C18H16N2O3S. The van der Waals surface area contributed by atoms with Crippen LogP contribution in [-0.4, -0.2) is 22.8 Å². The number of carbonyl (C=O) groups excluding carboxylic acids is 3. The second-order valence-corrected chi connectivity index (χ2v) is 6.72. The first kappa shape index (κ1) is 16.3. The Morgan fingerprint density at radius 2 is 1.71 bits per heavy atom. The van der Waals surface area contributed by atoms with Crippen molar-refractivity contribution in [3.05, 3.63) is 53.6 Å². The standard InChI is InChI=1S/C18H16N2O3S/c1-10-6-5-7-11(2)14(10)20-17(22)15(21)16-18(23)19-12-8-3-4-9-13(12)24-16/h3-9,16H,1-2H3,(H,19,23)(H,20,22)/t16-/m1/s1. The largest absolute Gasteiger partial charge is 0.324 e. The maximum absolute atomic E-state index is 12.5. The third-order valence-electron chi connectivity index (χ3n) is 3.81. The van der Waals surface area contributed by atoms with Gasteiger partial charge in [0, 0.05) is 10.6 Å². The van der Waals surface area contributed by atoms with Crippen molar-refractivity contribution in [2.45, 2.75) is 24.0 Å². The summed E-state index contributed by atoms with van der Waals surface area (Å²) in [6.45, 7) is 3.71. The van der Waals surface area contributed by atoms with Gasteiger partial charge in [0.05, 0.1) is 5.69 Å².